The highest BCUT2D eigenvalue weighted by Crippen LogP contribution is 2.43. The van der Waals surface area contributed by atoms with Gasteiger partial charge in [0.15, 0.2) is 11.5 Å². The molecule has 0 aromatic heterocycles. The van der Waals surface area contributed by atoms with Crippen LogP contribution in [0.1, 0.15) is 44.7 Å². The van der Waals surface area contributed by atoms with Gasteiger partial charge in [-0.2, -0.15) is 0 Å². The third-order valence-electron chi connectivity index (χ3n) is 6.24. The number of hydrogen-bond acceptors (Lipinski definition) is 6. The van der Waals surface area contributed by atoms with Crippen molar-refractivity contribution in [2.24, 2.45) is 5.41 Å². The smallest absolute Gasteiger partial charge is 0.404 e. The molecule has 1 amide bonds. The second-order valence-electron chi connectivity index (χ2n) is 9.77. The van der Waals surface area contributed by atoms with E-state index < -0.39 is 23.0 Å². The highest BCUT2D eigenvalue weighted by molar-refractivity contribution is 6.42. The van der Waals surface area contributed by atoms with Crippen molar-refractivity contribution in [1.29, 1.82) is 0 Å². The molecule has 8 nitrogen and oxygen atoms in total. The summed E-state index contributed by atoms with van der Waals surface area (Å²) in [6.45, 7) is 6.03. The Hall–Kier alpha value is -2.68. The van der Waals surface area contributed by atoms with Gasteiger partial charge in [0, 0.05) is 17.9 Å². The van der Waals surface area contributed by atoms with Gasteiger partial charge in [-0.15, -0.1) is 0 Å². The summed E-state index contributed by atoms with van der Waals surface area (Å²) in [6, 6.07) is 8.09. The molecule has 2 N–H and O–H groups in total. The first-order chi connectivity index (χ1) is 17.4. The normalized spacial score (nSPS) is 13.8. The lowest BCUT2D eigenvalue weighted by atomic mass is 9.63. The van der Waals surface area contributed by atoms with Crippen molar-refractivity contribution in [1.82, 2.24) is 5.32 Å². The number of ether oxygens (including phenoxy) is 4. The van der Waals surface area contributed by atoms with Crippen molar-refractivity contribution < 1.29 is 33.6 Å². The SMILES string of the molecule is COc1cc(COCC(CCC=O)(c2ccc(Cl)c(Cl)c2)C(NC(=O)O)C(C)(C)C)cc(OC)c1OC. The molecule has 10 heteroatoms. The number of carbonyl (C=O) groups excluding carboxylic acids is 1. The summed E-state index contributed by atoms with van der Waals surface area (Å²) in [4.78, 5) is 23.4. The fraction of sp³-hybridized carbons (Fsp3) is 0.481. The summed E-state index contributed by atoms with van der Waals surface area (Å²) in [7, 11) is 4.58. The number of carbonyl (C=O) groups is 2. The number of halogens is 2. The largest absolute Gasteiger partial charge is 0.493 e. The standard InChI is InChI=1S/C27H35Cl2NO7/c1-26(2,3)24(30-25(32)33)27(10-7-11-31,18-8-9-19(28)20(29)14-18)16-37-15-17-12-21(34-4)23(36-6)22(13-17)35-5/h8-9,11-14,24,30H,7,10,15-16H2,1-6H3,(H,32,33). The molecule has 0 radical (unpaired) electrons. The van der Waals surface area contributed by atoms with Gasteiger partial charge < -0.3 is 34.2 Å². The maximum Gasteiger partial charge on any atom is 0.404 e. The molecule has 0 aliphatic rings. The first kappa shape index (κ1) is 30.5. The molecule has 0 bridgehead atoms. The fourth-order valence-corrected chi connectivity index (χ4v) is 4.99. The van der Waals surface area contributed by atoms with Crippen LogP contribution in [-0.2, 0) is 21.6 Å². The van der Waals surface area contributed by atoms with Crippen LogP contribution in [0.5, 0.6) is 17.2 Å². The number of benzene rings is 2. The first-order valence-corrected chi connectivity index (χ1v) is 12.4. The van der Waals surface area contributed by atoms with E-state index in [1.807, 2.05) is 20.8 Å². The van der Waals surface area contributed by atoms with Crippen LogP contribution in [0.2, 0.25) is 10.0 Å². The van der Waals surface area contributed by atoms with E-state index in [4.69, 9.17) is 42.1 Å². The Morgan fingerprint density at radius 1 is 1.03 bits per heavy atom. The molecule has 0 fully saturated rings. The molecule has 2 aromatic rings. The lowest BCUT2D eigenvalue weighted by Crippen LogP contribution is -2.59. The lowest BCUT2D eigenvalue weighted by Gasteiger charge is -2.47. The minimum atomic E-state index is -1.18. The summed E-state index contributed by atoms with van der Waals surface area (Å²) in [5, 5.41) is 13.1. The zero-order chi connectivity index (χ0) is 27.8. The van der Waals surface area contributed by atoms with E-state index in [2.05, 4.69) is 5.32 Å². The van der Waals surface area contributed by atoms with E-state index in [1.165, 1.54) is 21.3 Å². The van der Waals surface area contributed by atoms with Crippen LogP contribution >= 0.6 is 23.2 Å². The molecule has 204 valence electrons. The summed E-state index contributed by atoms with van der Waals surface area (Å²) >= 11 is 12.6. The molecule has 2 unspecified atom stereocenters. The van der Waals surface area contributed by atoms with Crippen LogP contribution < -0.4 is 19.5 Å². The zero-order valence-electron chi connectivity index (χ0n) is 22.0. The van der Waals surface area contributed by atoms with Crippen LogP contribution in [0.15, 0.2) is 30.3 Å². The molecule has 0 spiro atoms. The van der Waals surface area contributed by atoms with E-state index in [9.17, 15) is 14.7 Å². The van der Waals surface area contributed by atoms with Gasteiger partial charge in [-0.25, -0.2) is 4.79 Å². The van der Waals surface area contributed by atoms with Gasteiger partial charge in [0.05, 0.1) is 44.6 Å². The van der Waals surface area contributed by atoms with Crippen molar-refractivity contribution in [3.8, 4) is 17.2 Å². The predicted molar refractivity (Wildman–Crippen MR) is 144 cm³/mol. The Labute approximate surface area is 228 Å². The minimum Gasteiger partial charge on any atom is -0.493 e. The maximum absolute atomic E-state index is 11.9. The van der Waals surface area contributed by atoms with Crippen molar-refractivity contribution in [3.63, 3.8) is 0 Å². The Bertz CT molecular complexity index is 1060. The van der Waals surface area contributed by atoms with Crippen LogP contribution in [0.3, 0.4) is 0 Å². The van der Waals surface area contributed by atoms with Crippen molar-refractivity contribution in [2.75, 3.05) is 27.9 Å². The zero-order valence-corrected chi connectivity index (χ0v) is 23.5. The Morgan fingerprint density at radius 3 is 2.11 bits per heavy atom. The average molecular weight is 556 g/mol. The Balaban J connectivity index is 2.58. The van der Waals surface area contributed by atoms with Crippen LogP contribution in [0.4, 0.5) is 4.79 Å². The third kappa shape index (κ3) is 7.43. The Kier molecular flexibility index (Phi) is 10.9. The van der Waals surface area contributed by atoms with E-state index in [0.29, 0.717) is 39.3 Å². The molecule has 2 rings (SSSR count). The highest BCUT2D eigenvalue weighted by Gasteiger charge is 2.47. The lowest BCUT2D eigenvalue weighted by molar-refractivity contribution is -0.108. The third-order valence-corrected chi connectivity index (χ3v) is 6.98. The number of hydrogen-bond donors (Lipinski definition) is 2. The van der Waals surface area contributed by atoms with Crippen molar-refractivity contribution in [3.05, 3.63) is 51.5 Å². The Morgan fingerprint density at radius 2 is 1.65 bits per heavy atom. The summed E-state index contributed by atoms with van der Waals surface area (Å²) in [5.41, 5.74) is -0.0378. The molecule has 0 aliphatic carbocycles. The van der Waals surface area contributed by atoms with Gasteiger partial charge in [0.2, 0.25) is 5.75 Å². The van der Waals surface area contributed by atoms with E-state index in [-0.39, 0.29) is 19.6 Å². The molecule has 0 heterocycles. The number of carboxylic acid groups (broad SMARTS) is 1. The van der Waals surface area contributed by atoms with E-state index >= 15 is 0 Å². The summed E-state index contributed by atoms with van der Waals surface area (Å²) < 4.78 is 22.5. The van der Waals surface area contributed by atoms with E-state index in [0.717, 1.165) is 11.8 Å². The van der Waals surface area contributed by atoms with Gasteiger partial charge in [-0.1, -0.05) is 50.0 Å². The van der Waals surface area contributed by atoms with Gasteiger partial charge in [-0.3, -0.25) is 0 Å². The number of aldehydes is 1. The number of methoxy groups -OCH3 is 3. The molecule has 37 heavy (non-hydrogen) atoms. The summed E-state index contributed by atoms with van der Waals surface area (Å²) in [6.07, 6.45) is 0.125. The molecule has 2 atom stereocenters. The minimum absolute atomic E-state index is 0.0810. The average Bonchev–Trinajstić information content (AvgIpc) is 2.85. The molecular formula is C27H35Cl2NO7. The highest BCUT2D eigenvalue weighted by atomic mass is 35.5. The maximum atomic E-state index is 11.9. The van der Waals surface area contributed by atoms with Gasteiger partial charge in [0.1, 0.15) is 6.29 Å². The second kappa shape index (κ2) is 13.2. The van der Waals surface area contributed by atoms with Gasteiger partial charge >= 0.3 is 6.09 Å². The topological polar surface area (TPSA) is 103 Å². The molecule has 0 saturated heterocycles. The number of nitrogens with one attached hydrogen (secondary N) is 1. The molecule has 0 saturated carbocycles. The van der Waals surface area contributed by atoms with Crippen LogP contribution in [-0.4, -0.2) is 51.5 Å². The van der Waals surface area contributed by atoms with Crippen molar-refractivity contribution >= 4 is 35.6 Å². The molecular weight excluding hydrogens is 521 g/mol. The number of rotatable bonds is 13. The quantitative estimate of drug-likeness (QED) is 0.286. The summed E-state index contributed by atoms with van der Waals surface area (Å²) in [5.74, 6) is 1.43. The molecule has 2 aromatic carbocycles. The van der Waals surface area contributed by atoms with Crippen LogP contribution in [0.25, 0.3) is 0 Å². The molecule has 0 aliphatic heterocycles. The monoisotopic (exact) mass is 555 g/mol. The fourth-order valence-electron chi connectivity index (χ4n) is 4.69. The van der Waals surface area contributed by atoms with Crippen LogP contribution in [0, 0.1) is 5.41 Å². The first-order valence-electron chi connectivity index (χ1n) is 11.7. The van der Waals surface area contributed by atoms with Crippen molar-refractivity contribution in [2.45, 2.75) is 51.7 Å². The van der Waals surface area contributed by atoms with E-state index in [1.54, 1.807) is 30.3 Å². The number of amides is 1. The van der Waals surface area contributed by atoms with Gasteiger partial charge in [0.25, 0.3) is 0 Å². The predicted octanol–water partition coefficient (Wildman–Crippen LogP) is 6.14. The van der Waals surface area contributed by atoms with Gasteiger partial charge in [-0.05, 0) is 47.2 Å². The second-order valence-corrected chi connectivity index (χ2v) is 10.6.